The van der Waals surface area contributed by atoms with Gasteiger partial charge in [0.15, 0.2) is 0 Å². The molecule has 3 rings (SSSR count). The van der Waals surface area contributed by atoms with E-state index in [1.54, 1.807) is 36.4 Å². The van der Waals surface area contributed by atoms with Crippen molar-refractivity contribution in [2.45, 2.75) is 42.9 Å². The van der Waals surface area contributed by atoms with Gasteiger partial charge in [-0.2, -0.15) is 7.84 Å². The number of benzene rings is 2. The summed E-state index contributed by atoms with van der Waals surface area (Å²) in [5.41, 5.74) is 1.28. The van der Waals surface area contributed by atoms with Crippen LogP contribution in [0.5, 0.6) is 5.75 Å². The lowest BCUT2D eigenvalue weighted by Crippen LogP contribution is -2.08. The van der Waals surface area contributed by atoms with Crippen LogP contribution >= 0.6 is 0 Å². The Kier molecular flexibility index (Phi) is 6.18. The first-order valence-corrected chi connectivity index (χ1v) is 10.2. The van der Waals surface area contributed by atoms with Gasteiger partial charge < -0.3 is 4.18 Å². The molecule has 0 spiro atoms. The summed E-state index contributed by atoms with van der Waals surface area (Å²) in [4.78, 5) is 0.486. The summed E-state index contributed by atoms with van der Waals surface area (Å²) in [5.74, 6) is 0.998. The molecule has 0 saturated heterocycles. The first kappa shape index (κ1) is 17.3. The third kappa shape index (κ3) is 4.75. The highest BCUT2D eigenvalue weighted by atomic mass is 32.3. The van der Waals surface area contributed by atoms with Crippen molar-refractivity contribution in [1.29, 1.82) is 0 Å². The van der Waals surface area contributed by atoms with Crippen molar-refractivity contribution in [3.63, 3.8) is 0 Å². The van der Waals surface area contributed by atoms with Gasteiger partial charge in [-0.05, 0) is 48.6 Å². The molecule has 0 aromatic heterocycles. The van der Waals surface area contributed by atoms with Gasteiger partial charge in [-0.1, -0.05) is 49.6 Å². The maximum Gasteiger partial charge on any atom is 0.374 e. The van der Waals surface area contributed by atoms with Gasteiger partial charge in [0.05, 0.1) is 4.90 Å². The Balaban J connectivity index is 1.57. The standard InChI is InChI=1S/C18H20O4S2/c19-23(22-24(20)21-17-9-5-2-6-10-17)18-13-11-16(12-14-18)15-7-3-1-4-8-15/h2,5-6,9-15H,1,3-4,7-8H2. The van der Waals surface area contributed by atoms with E-state index in [2.05, 4.69) is 0 Å². The molecule has 6 heteroatoms. The van der Waals surface area contributed by atoms with Crippen LogP contribution in [0.4, 0.5) is 0 Å². The largest absolute Gasteiger partial charge is 0.379 e. The van der Waals surface area contributed by atoms with Crippen LogP contribution in [0.3, 0.4) is 0 Å². The van der Waals surface area contributed by atoms with E-state index in [1.807, 2.05) is 18.2 Å². The molecule has 4 nitrogen and oxygen atoms in total. The third-order valence-corrected chi connectivity index (χ3v) is 6.10. The predicted molar refractivity (Wildman–Crippen MR) is 95.0 cm³/mol. The Morgan fingerprint density at radius 3 is 2.17 bits per heavy atom. The molecule has 0 amide bonds. The van der Waals surface area contributed by atoms with Gasteiger partial charge in [0, 0.05) is 0 Å². The lowest BCUT2D eigenvalue weighted by Gasteiger charge is -2.21. The van der Waals surface area contributed by atoms with E-state index < -0.39 is 22.4 Å². The molecule has 2 aromatic rings. The molecule has 1 aliphatic carbocycles. The first-order chi connectivity index (χ1) is 11.7. The van der Waals surface area contributed by atoms with Crippen LogP contribution in [0, 0.1) is 0 Å². The second kappa shape index (κ2) is 8.55. The van der Waals surface area contributed by atoms with E-state index in [9.17, 15) is 8.42 Å². The van der Waals surface area contributed by atoms with Crippen LogP contribution < -0.4 is 4.18 Å². The van der Waals surface area contributed by atoms with Crippen LogP contribution in [0.1, 0.15) is 43.6 Å². The highest BCUT2D eigenvalue weighted by Gasteiger charge is 2.17. The molecule has 2 aromatic carbocycles. The van der Waals surface area contributed by atoms with E-state index >= 15 is 0 Å². The summed E-state index contributed by atoms with van der Waals surface area (Å²) in [6.45, 7) is 0. The second-order valence-corrected chi connectivity index (χ2v) is 7.87. The van der Waals surface area contributed by atoms with E-state index in [4.69, 9.17) is 7.81 Å². The van der Waals surface area contributed by atoms with Crippen molar-refractivity contribution in [3.05, 3.63) is 60.2 Å². The summed E-state index contributed by atoms with van der Waals surface area (Å²) in [5, 5.41) is 0. The number of hydrogen-bond donors (Lipinski definition) is 0. The molecule has 0 aliphatic heterocycles. The minimum Gasteiger partial charge on any atom is -0.379 e. The quantitative estimate of drug-likeness (QED) is 0.761. The molecular formula is C18H20O4S2. The minimum absolute atomic E-state index is 0.403. The maximum atomic E-state index is 12.1. The zero-order valence-corrected chi connectivity index (χ0v) is 14.9. The van der Waals surface area contributed by atoms with Crippen molar-refractivity contribution in [2.24, 2.45) is 0 Å². The second-order valence-electron chi connectivity index (χ2n) is 5.81. The molecule has 0 radical (unpaired) electrons. The fourth-order valence-corrected chi connectivity index (χ4v) is 4.40. The topological polar surface area (TPSA) is 52.6 Å². The zero-order chi connectivity index (χ0) is 16.8. The summed E-state index contributed by atoms with van der Waals surface area (Å²) >= 11 is -3.94. The van der Waals surface area contributed by atoms with Crippen LogP contribution in [-0.2, 0) is 26.1 Å². The number of rotatable bonds is 6. The molecule has 2 atom stereocenters. The van der Waals surface area contributed by atoms with Crippen molar-refractivity contribution < 1.29 is 16.2 Å². The van der Waals surface area contributed by atoms with Crippen molar-refractivity contribution in [3.8, 4) is 5.75 Å². The summed E-state index contributed by atoms with van der Waals surface area (Å²) in [6, 6.07) is 16.2. The fraction of sp³-hybridized carbons (Fsp3) is 0.333. The van der Waals surface area contributed by atoms with Gasteiger partial charge in [0.2, 0.25) is 11.1 Å². The average Bonchev–Trinajstić information content (AvgIpc) is 2.63. The molecule has 0 N–H and O–H groups in total. The lowest BCUT2D eigenvalue weighted by atomic mass is 9.84. The highest BCUT2D eigenvalue weighted by Crippen LogP contribution is 2.32. The molecular weight excluding hydrogens is 344 g/mol. The highest BCUT2D eigenvalue weighted by molar-refractivity contribution is 7.91. The van der Waals surface area contributed by atoms with Crippen LogP contribution in [0.25, 0.3) is 0 Å². The zero-order valence-electron chi connectivity index (χ0n) is 13.3. The Bertz CT molecular complexity index is 695. The fourth-order valence-electron chi connectivity index (χ4n) is 2.95. The SMILES string of the molecule is O=S(Oc1ccccc1)OS(=O)c1ccc(C2CCCCC2)cc1. The van der Waals surface area contributed by atoms with Crippen molar-refractivity contribution in [1.82, 2.24) is 0 Å². The molecule has 1 saturated carbocycles. The first-order valence-electron chi connectivity index (χ1n) is 8.08. The van der Waals surface area contributed by atoms with Crippen molar-refractivity contribution in [2.75, 3.05) is 0 Å². The molecule has 1 fully saturated rings. The Morgan fingerprint density at radius 1 is 0.833 bits per heavy atom. The number of para-hydroxylation sites is 1. The van der Waals surface area contributed by atoms with Gasteiger partial charge in [0.25, 0.3) is 0 Å². The van der Waals surface area contributed by atoms with Gasteiger partial charge in [-0.15, -0.1) is 0 Å². The van der Waals surface area contributed by atoms with Gasteiger partial charge in [0.1, 0.15) is 5.75 Å². The minimum atomic E-state index is -2.11. The van der Waals surface area contributed by atoms with Crippen molar-refractivity contribution >= 4 is 22.4 Å². The average molecular weight is 364 g/mol. The normalized spacial score (nSPS) is 18.0. The molecule has 128 valence electrons. The Morgan fingerprint density at radius 2 is 1.50 bits per heavy atom. The smallest absolute Gasteiger partial charge is 0.374 e. The van der Waals surface area contributed by atoms with Crippen LogP contribution in [0.2, 0.25) is 0 Å². The maximum absolute atomic E-state index is 12.1. The van der Waals surface area contributed by atoms with Gasteiger partial charge >= 0.3 is 11.4 Å². The lowest BCUT2D eigenvalue weighted by molar-refractivity contribution is 0.443. The van der Waals surface area contributed by atoms with Gasteiger partial charge in [-0.25, -0.2) is 4.21 Å². The Hall–Kier alpha value is -1.50. The molecule has 0 bridgehead atoms. The molecule has 0 heterocycles. The van der Waals surface area contributed by atoms with Gasteiger partial charge in [-0.3, -0.25) is 0 Å². The summed E-state index contributed by atoms with van der Waals surface area (Å²) in [7, 11) is 0. The Labute approximate surface area is 147 Å². The van der Waals surface area contributed by atoms with E-state index in [1.165, 1.54) is 37.7 Å². The van der Waals surface area contributed by atoms with E-state index in [-0.39, 0.29) is 0 Å². The predicted octanol–water partition coefficient (Wildman–Crippen LogP) is 4.43. The van der Waals surface area contributed by atoms with E-state index in [0.717, 1.165) is 0 Å². The monoisotopic (exact) mass is 364 g/mol. The molecule has 1 aliphatic rings. The molecule has 24 heavy (non-hydrogen) atoms. The number of hydrogen-bond acceptors (Lipinski definition) is 4. The van der Waals surface area contributed by atoms with Crippen LogP contribution in [0.15, 0.2) is 59.5 Å². The van der Waals surface area contributed by atoms with Crippen LogP contribution in [-0.4, -0.2) is 8.42 Å². The summed E-state index contributed by atoms with van der Waals surface area (Å²) < 4.78 is 34.0. The third-order valence-electron chi connectivity index (χ3n) is 4.17. The summed E-state index contributed by atoms with van der Waals surface area (Å²) in [6.07, 6.45) is 6.30. The van der Waals surface area contributed by atoms with E-state index in [0.29, 0.717) is 16.6 Å². The molecule has 2 unspecified atom stereocenters.